The molecule has 1 fully saturated rings. The summed E-state index contributed by atoms with van der Waals surface area (Å²) in [6, 6.07) is 0.327. The van der Waals surface area contributed by atoms with Gasteiger partial charge in [0.2, 0.25) is 0 Å². The van der Waals surface area contributed by atoms with E-state index in [2.05, 4.69) is 25.7 Å². The van der Waals surface area contributed by atoms with E-state index in [-0.39, 0.29) is 0 Å². The van der Waals surface area contributed by atoms with E-state index < -0.39 is 0 Å². The van der Waals surface area contributed by atoms with Crippen LogP contribution in [0.4, 0.5) is 0 Å². The molecule has 0 aromatic heterocycles. The smallest absolute Gasteiger partial charge is 0.0599 e. The van der Waals surface area contributed by atoms with Crippen molar-refractivity contribution < 1.29 is 4.74 Å². The lowest BCUT2D eigenvalue weighted by Gasteiger charge is -2.34. The SMILES string of the molecule is CCOC1CCN(CC(N)C(C)CC)CC1. The minimum atomic E-state index is 0.327. The van der Waals surface area contributed by atoms with Gasteiger partial charge in [-0.05, 0) is 25.7 Å². The van der Waals surface area contributed by atoms with Gasteiger partial charge in [-0.25, -0.2) is 0 Å². The Bertz CT molecular complexity index is 179. The van der Waals surface area contributed by atoms with Crippen LogP contribution >= 0.6 is 0 Å². The van der Waals surface area contributed by atoms with E-state index in [1.165, 1.54) is 19.3 Å². The molecule has 1 aliphatic heterocycles. The standard InChI is InChI=1S/C13H28N2O/c1-4-11(3)13(14)10-15-8-6-12(7-9-15)16-5-2/h11-13H,4-10,14H2,1-3H3. The number of rotatable bonds is 6. The van der Waals surface area contributed by atoms with E-state index in [0.29, 0.717) is 18.1 Å². The zero-order valence-corrected chi connectivity index (χ0v) is 11.1. The number of ether oxygens (including phenoxy) is 1. The molecular formula is C13H28N2O. The van der Waals surface area contributed by atoms with Crippen LogP contribution in [0.25, 0.3) is 0 Å². The highest BCUT2D eigenvalue weighted by Gasteiger charge is 2.21. The molecule has 2 unspecified atom stereocenters. The summed E-state index contributed by atoms with van der Waals surface area (Å²) in [5.41, 5.74) is 6.18. The number of piperidine rings is 1. The first-order valence-corrected chi connectivity index (χ1v) is 6.76. The summed E-state index contributed by atoms with van der Waals surface area (Å²) < 4.78 is 5.65. The van der Waals surface area contributed by atoms with Crippen LogP contribution in [-0.4, -0.2) is 43.3 Å². The van der Waals surface area contributed by atoms with Gasteiger partial charge in [-0.1, -0.05) is 20.3 Å². The highest BCUT2D eigenvalue weighted by Crippen LogP contribution is 2.15. The summed E-state index contributed by atoms with van der Waals surface area (Å²) in [6.45, 7) is 10.7. The van der Waals surface area contributed by atoms with Crippen molar-refractivity contribution in [1.29, 1.82) is 0 Å². The second kappa shape index (κ2) is 7.25. The molecule has 96 valence electrons. The molecule has 0 spiro atoms. The fourth-order valence-electron chi connectivity index (χ4n) is 2.28. The van der Waals surface area contributed by atoms with Crippen molar-refractivity contribution in [2.45, 2.75) is 52.2 Å². The molecule has 0 aromatic carbocycles. The van der Waals surface area contributed by atoms with E-state index in [1.54, 1.807) is 0 Å². The fourth-order valence-corrected chi connectivity index (χ4v) is 2.28. The molecule has 3 nitrogen and oxygen atoms in total. The van der Waals surface area contributed by atoms with Crippen molar-refractivity contribution in [2.24, 2.45) is 11.7 Å². The van der Waals surface area contributed by atoms with Gasteiger partial charge in [-0.3, -0.25) is 0 Å². The van der Waals surface area contributed by atoms with Gasteiger partial charge in [-0.15, -0.1) is 0 Å². The summed E-state index contributed by atoms with van der Waals surface area (Å²) in [4.78, 5) is 2.49. The van der Waals surface area contributed by atoms with Crippen LogP contribution in [-0.2, 0) is 4.74 Å². The Hall–Kier alpha value is -0.120. The van der Waals surface area contributed by atoms with Gasteiger partial charge in [-0.2, -0.15) is 0 Å². The number of hydrogen-bond donors (Lipinski definition) is 1. The Morgan fingerprint density at radius 2 is 1.94 bits per heavy atom. The van der Waals surface area contributed by atoms with Gasteiger partial charge < -0.3 is 15.4 Å². The minimum absolute atomic E-state index is 0.327. The van der Waals surface area contributed by atoms with Gasteiger partial charge in [0.05, 0.1) is 6.10 Å². The fraction of sp³-hybridized carbons (Fsp3) is 1.00. The summed E-state index contributed by atoms with van der Waals surface area (Å²) in [5, 5.41) is 0. The maximum Gasteiger partial charge on any atom is 0.0599 e. The lowest BCUT2D eigenvalue weighted by Crippen LogP contribution is -2.45. The number of hydrogen-bond acceptors (Lipinski definition) is 3. The second-order valence-corrected chi connectivity index (χ2v) is 5.00. The highest BCUT2D eigenvalue weighted by atomic mass is 16.5. The molecule has 0 aliphatic carbocycles. The minimum Gasteiger partial charge on any atom is -0.378 e. The predicted molar refractivity (Wildman–Crippen MR) is 68.5 cm³/mol. The monoisotopic (exact) mass is 228 g/mol. The molecule has 3 heteroatoms. The molecular weight excluding hydrogens is 200 g/mol. The first-order valence-electron chi connectivity index (χ1n) is 6.76. The van der Waals surface area contributed by atoms with Crippen LogP contribution < -0.4 is 5.73 Å². The zero-order valence-electron chi connectivity index (χ0n) is 11.1. The Morgan fingerprint density at radius 3 is 2.44 bits per heavy atom. The molecule has 1 heterocycles. The Balaban J connectivity index is 2.21. The maximum absolute atomic E-state index is 6.18. The maximum atomic E-state index is 6.18. The number of nitrogens with two attached hydrogens (primary N) is 1. The van der Waals surface area contributed by atoms with Crippen molar-refractivity contribution in [1.82, 2.24) is 4.90 Å². The molecule has 2 N–H and O–H groups in total. The van der Waals surface area contributed by atoms with E-state index in [0.717, 1.165) is 26.2 Å². The second-order valence-electron chi connectivity index (χ2n) is 5.00. The van der Waals surface area contributed by atoms with Gasteiger partial charge >= 0.3 is 0 Å². The van der Waals surface area contributed by atoms with Gasteiger partial charge in [0.15, 0.2) is 0 Å². The summed E-state index contributed by atoms with van der Waals surface area (Å²) >= 11 is 0. The van der Waals surface area contributed by atoms with Gasteiger partial charge in [0.25, 0.3) is 0 Å². The molecule has 2 atom stereocenters. The van der Waals surface area contributed by atoms with Crippen LogP contribution in [0.5, 0.6) is 0 Å². The molecule has 0 aromatic rings. The number of nitrogens with zero attached hydrogens (tertiary/aromatic N) is 1. The molecule has 0 saturated carbocycles. The van der Waals surface area contributed by atoms with Crippen LogP contribution in [0.15, 0.2) is 0 Å². The third-order valence-corrected chi connectivity index (χ3v) is 3.78. The topological polar surface area (TPSA) is 38.5 Å². The first kappa shape index (κ1) is 13.9. The normalized spacial score (nSPS) is 23.2. The van der Waals surface area contributed by atoms with Gasteiger partial charge in [0, 0.05) is 32.3 Å². The van der Waals surface area contributed by atoms with E-state index in [4.69, 9.17) is 10.5 Å². The van der Waals surface area contributed by atoms with Crippen molar-refractivity contribution in [2.75, 3.05) is 26.2 Å². The van der Waals surface area contributed by atoms with Crippen molar-refractivity contribution in [3.8, 4) is 0 Å². The van der Waals surface area contributed by atoms with Crippen molar-refractivity contribution >= 4 is 0 Å². The average molecular weight is 228 g/mol. The molecule has 16 heavy (non-hydrogen) atoms. The quantitative estimate of drug-likeness (QED) is 0.754. The largest absolute Gasteiger partial charge is 0.378 e. The summed E-state index contributed by atoms with van der Waals surface area (Å²) in [5.74, 6) is 0.629. The molecule has 0 radical (unpaired) electrons. The molecule has 1 aliphatic rings. The molecule has 0 amide bonds. The average Bonchev–Trinajstić information content (AvgIpc) is 2.31. The Kier molecular flexibility index (Phi) is 6.32. The number of likely N-dealkylation sites (tertiary alicyclic amines) is 1. The molecule has 0 bridgehead atoms. The Labute approximate surface area is 100 Å². The summed E-state index contributed by atoms with van der Waals surface area (Å²) in [7, 11) is 0. The lowest BCUT2D eigenvalue weighted by molar-refractivity contribution is 0.0121. The highest BCUT2D eigenvalue weighted by molar-refractivity contribution is 4.78. The Morgan fingerprint density at radius 1 is 1.31 bits per heavy atom. The zero-order chi connectivity index (χ0) is 12.0. The van der Waals surface area contributed by atoms with Crippen molar-refractivity contribution in [3.63, 3.8) is 0 Å². The predicted octanol–water partition coefficient (Wildman–Crippen LogP) is 1.86. The summed E-state index contributed by atoms with van der Waals surface area (Å²) in [6.07, 6.45) is 4.00. The molecule has 1 rings (SSSR count). The third-order valence-electron chi connectivity index (χ3n) is 3.78. The van der Waals surface area contributed by atoms with E-state index >= 15 is 0 Å². The van der Waals surface area contributed by atoms with Crippen LogP contribution in [0, 0.1) is 5.92 Å². The van der Waals surface area contributed by atoms with Gasteiger partial charge in [0.1, 0.15) is 0 Å². The van der Waals surface area contributed by atoms with Crippen LogP contribution in [0.2, 0.25) is 0 Å². The van der Waals surface area contributed by atoms with Crippen LogP contribution in [0.3, 0.4) is 0 Å². The molecule has 1 saturated heterocycles. The van der Waals surface area contributed by atoms with E-state index in [9.17, 15) is 0 Å². The first-order chi connectivity index (χ1) is 7.67. The lowest BCUT2D eigenvalue weighted by atomic mass is 9.98. The van der Waals surface area contributed by atoms with Crippen molar-refractivity contribution in [3.05, 3.63) is 0 Å². The third kappa shape index (κ3) is 4.40. The van der Waals surface area contributed by atoms with Crippen LogP contribution in [0.1, 0.15) is 40.0 Å². The van der Waals surface area contributed by atoms with E-state index in [1.807, 2.05) is 0 Å².